The van der Waals surface area contributed by atoms with Crippen LogP contribution in [0.5, 0.6) is 0 Å². The molecule has 1 aliphatic rings. The zero-order chi connectivity index (χ0) is 27.9. The molecule has 0 aliphatic carbocycles. The number of halogens is 3. The van der Waals surface area contributed by atoms with Gasteiger partial charge in [0.25, 0.3) is 5.69 Å². The molecule has 40 heavy (non-hydrogen) atoms. The summed E-state index contributed by atoms with van der Waals surface area (Å²) in [5.41, 5.74) is 3.89. The van der Waals surface area contributed by atoms with E-state index >= 15 is 0 Å². The summed E-state index contributed by atoms with van der Waals surface area (Å²) in [4.78, 5) is 27.1. The number of rotatable bonds is 11. The molecule has 0 radical (unpaired) electrons. The normalized spacial score (nSPS) is 14.0. The van der Waals surface area contributed by atoms with Gasteiger partial charge in [0.05, 0.1) is 18.2 Å². The van der Waals surface area contributed by atoms with E-state index in [1.54, 1.807) is 12.1 Å². The molecule has 3 aromatic rings. The van der Waals surface area contributed by atoms with E-state index in [9.17, 15) is 14.9 Å². The Balaban J connectivity index is 0.00000441. The third kappa shape index (κ3) is 8.11. The number of para-hydroxylation sites is 2. The summed E-state index contributed by atoms with van der Waals surface area (Å²) in [6.07, 6.45) is 3.45. The topological polar surface area (TPSA) is 88.0 Å². The van der Waals surface area contributed by atoms with Crippen molar-refractivity contribution in [1.82, 2.24) is 9.80 Å². The third-order valence-corrected chi connectivity index (χ3v) is 7.31. The first-order chi connectivity index (χ1) is 18.7. The van der Waals surface area contributed by atoms with E-state index in [0.29, 0.717) is 24.8 Å². The largest absolute Gasteiger partial charge is 0.365 e. The van der Waals surface area contributed by atoms with E-state index in [1.807, 2.05) is 46.5 Å². The highest BCUT2D eigenvalue weighted by atomic mass is 35.5. The first kappa shape index (κ1) is 31.2. The van der Waals surface area contributed by atoms with Crippen molar-refractivity contribution in [3.05, 3.63) is 117 Å². The molecule has 1 N–H and O–H groups in total. The van der Waals surface area contributed by atoms with Crippen LogP contribution in [0.2, 0.25) is 5.02 Å². The molecule has 1 aliphatic heterocycles. The number of benzene rings is 3. The van der Waals surface area contributed by atoms with Gasteiger partial charge in [0, 0.05) is 36.5 Å². The Bertz CT molecular complexity index is 1350. The smallest absolute Gasteiger partial charge is 0.292 e. The number of nitro groups is 1. The Labute approximate surface area is 250 Å². The monoisotopic (exact) mass is 604 g/mol. The average Bonchev–Trinajstić information content (AvgIpc) is 3.40. The van der Waals surface area contributed by atoms with Gasteiger partial charge in [-0.3, -0.25) is 14.9 Å². The van der Waals surface area contributed by atoms with Gasteiger partial charge in [-0.2, -0.15) is 0 Å². The predicted molar refractivity (Wildman–Crippen MR) is 161 cm³/mol. The summed E-state index contributed by atoms with van der Waals surface area (Å²) in [5, 5.41) is 14.5. The van der Waals surface area contributed by atoms with Crippen molar-refractivity contribution in [2.24, 2.45) is 0 Å². The predicted octanol–water partition coefficient (Wildman–Crippen LogP) is 7.18. The Kier molecular flexibility index (Phi) is 11.2. The lowest BCUT2D eigenvalue weighted by Gasteiger charge is -2.31. The summed E-state index contributed by atoms with van der Waals surface area (Å²) in [7, 11) is 0. The van der Waals surface area contributed by atoms with E-state index in [1.165, 1.54) is 23.3 Å². The number of alkyl halides is 1. The highest BCUT2D eigenvalue weighted by Crippen LogP contribution is 2.32. The lowest BCUT2D eigenvalue weighted by atomic mass is 10.1. The van der Waals surface area contributed by atoms with E-state index in [2.05, 4.69) is 37.4 Å². The second kappa shape index (κ2) is 14.4. The van der Waals surface area contributed by atoms with Crippen LogP contribution in [0.1, 0.15) is 34.8 Å². The van der Waals surface area contributed by atoms with Crippen molar-refractivity contribution in [3.63, 3.8) is 0 Å². The van der Waals surface area contributed by atoms with Crippen molar-refractivity contribution >= 4 is 52.9 Å². The van der Waals surface area contributed by atoms with Crippen molar-refractivity contribution in [2.75, 3.05) is 18.5 Å². The van der Waals surface area contributed by atoms with Gasteiger partial charge in [0.15, 0.2) is 0 Å². The molecule has 4 rings (SSSR count). The highest BCUT2D eigenvalue weighted by molar-refractivity contribution is 6.30. The van der Waals surface area contributed by atoms with Crippen LogP contribution in [-0.2, 0) is 16.1 Å². The molecule has 0 aromatic heterocycles. The number of carbonyl (C=O) groups excluding carboxylic acids is 1. The summed E-state index contributed by atoms with van der Waals surface area (Å²) in [6, 6.07) is 19.8. The molecule has 1 heterocycles. The molecule has 2 unspecified atom stereocenters. The minimum Gasteiger partial charge on any atom is -0.365 e. The van der Waals surface area contributed by atoms with E-state index in [4.69, 9.17) is 27.9 Å². The van der Waals surface area contributed by atoms with Crippen molar-refractivity contribution in [2.45, 2.75) is 38.5 Å². The molecule has 8 nitrogen and oxygen atoms in total. The number of nitro benzene ring substituents is 1. The highest BCUT2D eigenvalue weighted by Gasteiger charge is 2.29. The molecule has 0 saturated heterocycles. The molecule has 0 spiro atoms. The van der Waals surface area contributed by atoms with E-state index in [-0.39, 0.29) is 36.1 Å². The first-order valence-corrected chi connectivity index (χ1v) is 13.3. The minimum atomic E-state index is -0.528. The zero-order valence-electron chi connectivity index (χ0n) is 22.1. The van der Waals surface area contributed by atoms with E-state index in [0.717, 1.165) is 11.1 Å². The average molecular weight is 606 g/mol. The van der Waals surface area contributed by atoms with Crippen LogP contribution in [0.25, 0.3) is 0 Å². The van der Waals surface area contributed by atoms with Crippen LogP contribution in [0.3, 0.4) is 0 Å². The molecule has 0 bridgehead atoms. The van der Waals surface area contributed by atoms with Gasteiger partial charge in [-0.05, 0) is 54.3 Å². The lowest BCUT2D eigenvalue weighted by Crippen LogP contribution is -2.36. The number of amides is 1. The maximum atomic E-state index is 12.5. The fraction of sp³-hybridized carbons (Fsp3) is 0.276. The van der Waals surface area contributed by atoms with Crippen LogP contribution in [0.4, 0.5) is 11.4 Å². The maximum absolute atomic E-state index is 12.5. The van der Waals surface area contributed by atoms with Crippen LogP contribution in [0.15, 0.2) is 79.1 Å². The molecule has 212 valence electrons. The van der Waals surface area contributed by atoms with Crippen LogP contribution >= 0.6 is 35.6 Å². The lowest BCUT2D eigenvalue weighted by molar-refractivity contribution is -0.383. The van der Waals surface area contributed by atoms with Crippen molar-refractivity contribution in [1.29, 1.82) is 0 Å². The van der Waals surface area contributed by atoms with Gasteiger partial charge in [-0.25, -0.2) is 0 Å². The van der Waals surface area contributed by atoms with Crippen molar-refractivity contribution in [3.8, 4) is 0 Å². The molecule has 2 atom stereocenters. The number of nitrogens with one attached hydrogen (secondary N) is 1. The Morgan fingerprint density at radius 3 is 2.50 bits per heavy atom. The van der Waals surface area contributed by atoms with Gasteiger partial charge in [-0.15, -0.1) is 12.4 Å². The Hall–Kier alpha value is -3.30. The number of ether oxygens (including phenoxy) is 1. The van der Waals surface area contributed by atoms with Crippen LogP contribution in [-0.4, -0.2) is 39.3 Å². The van der Waals surface area contributed by atoms with Gasteiger partial charge >= 0.3 is 0 Å². The Morgan fingerprint density at radius 2 is 1.80 bits per heavy atom. The van der Waals surface area contributed by atoms with Crippen molar-refractivity contribution < 1.29 is 14.5 Å². The number of anilines is 1. The first-order valence-electron chi connectivity index (χ1n) is 12.5. The second-order valence-corrected chi connectivity index (χ2v) is 10.3. The van der Waals surface area contributed by atoms with E-state index < -0.39 is 16.5 Å². The number of hydrogen-bond acceptors (Lipinski definition) is 6. The summed E-state index contributed by atoms with van der Waals surface area (Å²) in [6.45, 7) is 5.42. The molecule has 3 aromatic carbocycles. The second-order valence-electron chi connectivity index (χ2n) is 9.41. The molecule has 11 heteroatoms. The summed E-state index contributed by atoms with van der Waals surface area (Å²) in [5.74, 6) is -0.311. The zero-order valence-corrected chi connectivity index (χ0v) is 24.5. The molecule has 0 saturated carbocycles. The van der Waals surface area contributed by atoms with Gasteiger partial charge in [0.1, 0.15) is 17.3 Å². The fourth-order valence-corrected chi connectivity index (χ4v) is 4.70. The number of aryl methyl sites for hydroxylation is 2. The van der Waals surface area contributed by atoms with Gasteiger partial charge < -0.3 is 19.9 Å². The Morgan fingerprint density at radius 1 is 1.07 bits per heavy atom. The summed E-state index contributed by atoms with van der Waals surface area (Å²) < 4.78 is 6.37. The van der Waals surface area contributed by atoms with Gasteiger partial charge in [0.2, 0.25) is 5.91 Å². The standard InChI is InChI=1S/C29H30Cl2N4O4.ClH/c1-20-7-8-22(17-21(20)2)18-39-28(23-9-11-24(30)12-10-23)29(31)34-16-15-33(19-34)14-13-27(36)32-25-5-3-4-6-26(25)35(37)38;/h3-12,15-17,28-29H,13-14,18-19H2,1-2H3,(H,32,36);1H. The van der Waals surface area contributed by atoms with Crippen LogP contribution < -0.4 is 5.32 Å². The minimum absolute atomic E-state index is 0. The number of nitrogens with zero attached hydrogens (tertiary/aromatic N) is 3. The van der Waals surface area contributed by atoms with Crippen LogP contribution in [0, 0.1) is 24.0 Å². The fourth-order valence-electron chi connectivity index (χ4n) is 4.23. The maximum Gasteiger partial charge on any atom is 0.292 e. The number of carbonyl (C=O) groups is 1. The quantitative estimate of drug-likeness (QED) is 0.108. The van der Waals surface area contributed by atoms with Gasteiger partial charge in [-0.1, -0.05) is 65.7 Å². The third-order valence-electron chi connectivity index (χ3n) is 6.58. The summed E-state index contributed by atoms with van der Waals surface area (Å²) >= 11 is 13.1. The molecule has 1 amide bonds. The molecular formula is C29H31Cl3N4O4. The number of hydrogen-bond donors (Lipinski definition) is 1. The SMILES string of the molecule is Cc1ccc(COC(c2ccc(Cl)cc2)C(Cl)N2C=CN(CCC(=O)Nc3ccccc3[N+](=O)[O-])C2)cc1C.Cl. The molecule has 0 fully saturated rings. The molecular weight excluding hydrogens is 575 g/mol.